The predicted octanol–water partition coefficient (Wildman–Crippen LogP) is 4.70. The number of hydrogen-bond donors (Lipinski definition) is 1. The van der Waals surface area contributed by atoms with Gasteiger partial charge in [-0.25, -0.2) is 0 Å². The van der Waals surface area contributed by atoms with Gasteiger partial charge in [-0.3, -0.25) is 4.79 Å². The van der Waals surface area contributed by atoms with Crippen LogP contribution in [0.4, 0.5) is 0 Å². The molecule has 1 heterocycles. The van der Waals surface area contributed by atoms with Gasteiger partial charge in [-0.1, -0.05) is 54.1 Å². The van der Waals surface area contributed by atoms with Crippen LogP contribution >= 0.6 is 11.6 Å². The minimum atomic E-state index is -0.184. The monoisotopic (exact) mass is 383 g/mol. The van der Waals surface area contributed by atoms with Crippen LogP contribution in [0, 0.1) is 5.92 Å². The summed E-state index contributed by atoms with van der Waals surface area (Å²) in [4.78, 5) is 15.0. The van der Waals surface area contributed by atoms with Crippen LogP contribution in [0.15, 0.2) is 48.5 Å². The van der Waals surface area contributed by atoms with Crippen molar-refractivity contribution in [1.82, 2.24) is 4.90 Å². The van der Waals surface area contributed by atoms with Gasteiger partial charge in [-0.15, -0.1) is 0 Å². The van der Waals surface area contributed by atoms with Crippen molar-refractivity contribution in [3.63, 3.8) is 0 Å². The molecule has 0 radical (unpaired) electrons. The standard InChI is InChI=1S/C23H26ClNO2/c24-22-15-17(16-4-2-1-3-5-16)6-7-18(22)14-19-12-13-25(23(19)27)20-8-10-21(26)11-9-20/h1-7,15,19-21,26H,8-14H2/t19?,20-,21+. The molecule has 1 atom stereocenters. The second-order valence-corrected chi connectivity index (χ2v) is 8.26. The van der Waals surface area contributed by atoms with Crippen molar-refractivity contribution in [3.05, 3.63) is 59.1 Å². The number of likely N-dealkylation sites (tertiary alicyclic amines) is 1. The molecule has 2 aliphatic rings. The smallest absolute Gasteiger partial charge is 0.226 e. The fourth-order valence-corrected chi connectivity index (χ4v) is 4.73. The first-order valence-corrected chi connectivity index (χ1v) is 10.3. The van der Waals surface area contributed by atoms with Crippen LogP contribution in [0.2, 0.25) is 5.02 Å². The average molecular weight is 384 g/mol. The van der Waals surface area contributed by atoms with Crippen LogP contribution in [0.1, 0.15) is 37.7 Å². The van der Waals surface area contributed by atoms with E-state index in [0.717, 1.165) is 60.4 Å². The highest BCUT2D eigenvalue weighted by atomic mass is 35.5. The summed E-state index contributed by atoms with van der Waals surface area (Å²) in [5, 5.41) is 10.4. The van der Waals surface area contributed by atoms with E-state index >= 15 is 0 Å². The van der Waals surface area contributed by atoms with Crippen molar-refractivity contribution in [2.24, 2.45) is 5.92 Å². The molecule has 1 aliphatic carbocycles. The summed E-state index contributed by atoms with van der Waals surface area (Å²) in [7, 11) is 0. The zero-order chi connectivity index (χ0) is 18.8. The molecule has 1 amide bonds. The zero-order valence-electron chi connectivity index (χ0n) is 15.5. The molecule has 3 nitrogen and oxygen atoms in total. The Morgan fingerprint density at radius 3 is 2.41 bits per heavy atom. The largest absolute Gasteiger partial charge is 0.393 e. The van der Waals surface area contributed by atoms with Crippen LogP contribution in [0.25, 0.3) is 11.1 Å². The van der Waals surface area contributed by atoms with E-state index in [2.05, 4.69) is 29.2 Å². The van der Waals surface area contributed by atoms with Crippen LogP contribution in [-0.4, -0.2) is 34.6 Å². The minimum Gasteiger partial charge on any atom is -0.393 e. The molecule has 4 heteroatoms. The summed E-state index contributed by atoms with van der Waals surface area (Å²) in [6, 6.07) is 16.7. The lowest BCUT2D eigenvalue weighted by Crippen LogP contribution is -2.41. The molecule has 1 saturated carbocycles. The average Bonchev–Trinajstić information content (AvgIpc) is 3.05. The molecule has 2 aromatic carbocycles. The van der Waals surface area contributed by atoms with E-state index in [1.54, 1.807) is 0 Å². The van der Waals surface area contributed by atoms with Crippen LogP contribution in [-0.2, 0) is 11.2 Å². The van der Waals surface area contributed by atoms with Crippen molar-refractivity contribution in [1.29, 1.82) is 0 Å². The summed E-state index contributed by atoms with van der Waals surface area (Å²) in [6.07, 6.45) is 4.89. The summed E-state index contributed by atoms with van der Waals surface area (Å²) in [6.45, 7) is 0.837. The zero-order valence-corrected chi connectivity index (χ0v) is 16.2. The summed E-state index contributed by atoms with van der Waals surface area (Å²) >= 11 is 6.55. The van der Waals surface area contributed by atoms with E-state index in [-0.39, 0.29) is 17.9 Å². The van der Waals surface area contributed by atoms with Crippen molar-refractivity contribution in [3.8, 4) is 11.1 Å². The third-order valence-electron chi connectivity index (χ3n) is 6.08. The van der Waals surface area contributed by atoms with Crippen LogP contribution in [0.5, 0.6) is 0 Å². The topological polar surface area (TPSA) is 40.5 Å². The molecule has 1 saturated heterocycles. The predicted molar refractivity (Wildman–Crippen MR) is 109 cm³/mol. The molecule has 4 rings (SSSR count). The van der Waals surface area contributed by atoms with E-state index < -0.39 is 0 Å². The molecule has 1 unspecified atom stereocenters. The highest BCUT2D eigenvalue weighted by Crippen LogP contribution is 2.33. The van der Waals surface area contributed by atoms with E-state index in [0.29, 0.717) is 12.5 Å². The van der Waals surface area contributed by atoms with Gasteiger partial charge in [0.05, 0.1) is 6.10 Å². The van der Waals surface area contributed by atoms with Crippen molar-refractivity contribution in [2.45, 2.75) is 50.7 Å². The molecule has 142 valence electrons. The van der Waals surface area contributed by atoms with Gasteiger partial charge in [0.1, 0.15) is 0 Å². The fourth-order valence-electron chi connectivity index (χ4n) is 4.47. The number of hydrogen-bond acceptors (Lipinski definition) is 2. The van der Waals surface area contributed by atoms with Gasteiger partial charge in [0.25, 0.3) is 0 Å². The van der Waals surface area contributed by atoms with Gasteiger partial charge in [-0.2, -0.15) is 0 Å². The maximum Gasteiger partial charge on any atom is 0.226 e. The Morgan fingerprint density at radius 2 is 1.70 bits per heavy atom. The van der Waals surface area contributed by atoms with E-state index in [4.69, 9.17) is 11.6 Å². The highest BCUT2D eigenvalue weighted by molar-refractivity contribution is 6.31. The highest BCUT2D eigenvalue weighted by Gasteiger charge is 2.37. The van der Waals surface area contributed by atoms with Crippen molar-refractivity contribution < 1.29 is 9.90 Å². The maximum absolute atomic E-state index is 12.9. The molecule has 0 aromatic heterocycles. The van der Waals surface area contributed by atoms with Crippen LogP contribution in [0.3, 0.4) is 0 Å². The second kappa shape index (κ2) is 8.04. The Balaban J connectivity index is 1.43. The van der Waals surface area contributed by atoms with Gasteiger partial charge >= 0.3 is 0 Å². The number of aliphatic hydroxyl groups excluding tert-OH is 1. The molecule has 1 aliphatic heterocycles. The number of carbonyl (C=O) groups excluding carboxylic acids is 1. The number of nitrogens with zero attached hydrogens (tertiary/aromatic N) is 1. The maximum atomic E-state index is 12.9. The van der Waals surface area contributed by atoms with Gasteiger partial charge in [-0.05, 0) is 61.3 Å². The minimum absolute atomic E-state index is 0.0249. The molecule has 0 bridgehead atoms. The summed E-state index contributed by atoms with van der Waals surface area (Å²) < 4.78 is 0. The summed E-state index contributed by atoms with van der Waals surface area (Å²) in [5.41, 5.74) is 3.30. The lowest BCUT2D eigenvalue weighted by molar-refractivity contribution is -0.133. The quantitative estimate of drug-likeness (QED) is 0.831. The normalized spacial score (nSPS) is 25.8. The molecular weight excluding hydrogens is 358 g/mol. The van der Waals surface area contributed by atoms with Gasteiger partial charge < -0.3 is 10.0 Å². The Bertz CT molecular complexity index is 799. The van der Waals surface area contributed by atoms with Gasteiger partial charge in [0, 0.05) is 23.5 Å². The van der Waals surface area contributed by atoms with E-state index in [1.165, 1.54) is 0 Å². The summed E-state index contributed by atoms with van der Waals surface area (Å²) in [5.74, 6) is 0.288. The number of rotatable bonds is 4. The van der Waals surface area contributed by atoms with Crippen LogP contribution < -0.4 is 0 Å². The molecule has 27 heavy (non-hydrogen) atoms. The first-order valence-electron chi connectivity index (χ1n) is 9.94. The number of amides is 1. The number of carbonyl (C=O) groups is 1. The van der Waals surface area contributed by atoms with Gasteiger partial charge in [0.15, 0.2) is 0 Å². The Labute approximate surface area is 166 Å². The first kappa shape index (κ1) is 18.5. The molecule has 2 fully saturated rings. The third kappa shape index (κ3) is 4.04. The van der Waals surface area contributed by atoms with Crippen molar-refractivity contribution >= 4 is 17.5 Å². The fraction of sp³-hybridized carbons (Fsp3) is 0.435. The molecule has 1 N–H and O–H groups in total. The Morgan fingerprint density at radius 1 is 0.963 bits per heavy atom. The first-order chi connectivity index (χ1) is 13.1. The second-order valence-electron chi connectivity index (χ2n) is 7.86. The van der Waals surface area contributed by atoms with Gasteiger partial charge in [0.2, 0.25) is 5.91 Å². The third-order valence-corrected chi connectivity index (χ3v) is 6.44. The van der Waals surface area contributed by atoms with E-state index in [9.17, 15) is 9.90 Å². The lowest BCUT2D eigenvalue weighted by atomic mass is 9.92. The molecular formula is C23H26ClNO2. The van der Waals surface area contributed by atoms with E-state index in [1.807, 2.05) is 24.3 Å². The lowest BCUT2D eigenvalue weighted by Gasteiger charge is -2.33. The Kier molecular flexibility index (Phi) is 5.51. The Hall–Kier alpha value is -1.84. The molecule has 0 spiro atoms. The number of aliphatic hydroxyl groups is 1. The number of halogens is 1. The molecule has 2 aromatic rings. The van der Waals surface area contributed by atoms with Crippen molar-refractivity contribution in [2.75, 3.05) is 6.54 Å². The number of benzene rings is 2. The SMILES string of the molecule is O=C1C(Cc2ccc(-c3ccccc3)cc2Cl)CCN1[C@H]1CC[C@@H](O)CC1.